The summed E-state index contributed by atoms with van der Waals surface area (Å²) in [6, 6.07) is 18.4. The van der Waals surface area contributed by atoms with E-state index in [-0.39, 0.29) is 18.4 Å². The number of nitrogens with zero attached hydrogens (tertiary/aromatic N) is 2. The summed E-state index contributed by atoms with van der Waals surface area (Å²) < 4.78 is 51.0. The van der Waals surface area contributed by atoms with Crippen LogP contribution in [0.1, 0.15) is 11.1 Å². The van der Waals surface area contributed by atoms with Crippen LogP contribution in [0, 0.1) is 5.92 Å². The van der Waals surface area contributed by atoms with Gasteiger partial charge in [0.05, 0.1) is 31.7 Å². The number of fused-ring (bicyclic) bond motifs is 3. The van der Waals surface area contributed by atoms with E-state index in [1.807, 2.05) is 24.3 Å². The van der Waals surface area contributed by atoms with Gasteiger partial charge in [-0.25, -0.2) is 0 Å². The number of halogens is 3. The third kappa shape index (κ3) is 5.03. The Kier molecular flexibility index (Phi) is 6.62. The van der Waals surface area contributed by atoms with Crippen molar-refractivity contribution in [1.82, 2.24) is 0 Å². The standard InChI is InChI=1S/C28H28F3N3O3/c1-36-22-9-7-21(8-10-22)33-12-13-34-25-11-6-19(28(29,30)31)14-18(25)15-24(26(34)17-33)27(35)32-20-4-3-5-23(16-20)37-2/h3-11,14,16,24,26H,12-13,15,17H2,1-2H3,(H,32,35)/t24-,26+/m1/s1. The number of anilines is 3. The van der Waals surface area contributed by atoms with Crippen molar-refractivity contribution in [3.63, 3.8) is 0 Å². The summed E-state index contributed by atoms with van der Waals surface area (Å²) in [5.41, 5.74) is 2.18. The van der Waals surface area contributed by atoms with Crippen molar-refractivity contribution in [2.45, 2.75) is 18.6 Å². The first-order valence-electron chi connectivity index (χ1n) is 12.1. The normalized spacial score (nSPS) is 19.1. The van der Waals surface area contributed by atoms with Crippen molar-refractivity contribution in [3.8, 4) is 11.5 Å². The summed E-state index contributed by atoms with van der Waals surface area (Å²) in [4.78, 5) is 17.9. The van der Waals surface area contributed by atoms with E-state index >= 15 is 0 Å². The Labute approximate surface area is 213 Å². The second kappa shape index (κ2) is 9.88. The quantitative estimate of drug-likeness (QED) is 0.509. The molecule has 6 nitrogen and oxygen atoms in total. The van der Waals surface area contributed by atoms with E-state index in [0.717, 1.165) is 23.2 Å². The number of benzene rings is 3. The minimum absolute atomic E-state index is 0.215. The lowest BCUT2D eigenvalue weighted by Crippen LogP contribution is -2.60. The molecule has 37 heavy (non-hydrogen) atoms. The molecule has 1 fully saturated rings. The molecule has 2 heterocycles. The van der Waals surface area contributed by atoms with E-state index in [1.165, 1.54) is 6.07 Å². The third-order valence-corrected chi connectivity index (χ3v) is 7.15. The Balaban J connectivity index is 1.47. The first-order chi connectivity index (χ1) is 17.8. The molecular weight excluding hydrogens is 483 g/mol. The van der Waals surface area contributed by atoms with Gasteiger partial charge in [0.25, 0.3) is 0 Å². The molecule has 0 radical (unpaired) electrons. The molecule has 0 saturated carbocycles. The highest BCUT2D eigenvalue weighted by atomic mass is 19.4. The van der Waals surface area contributed by atoms with Crippen molar-refractivity contribution in [2.75, 3.05) is 49.0 Å². The maximum Gasteiger partial charge on any atom is 0.416 e. The van der Waals surface area contributed by atoms with Crippen LogP contribution >= 0.6 is 0 Å². The number of hydrogen-bond donors (Lipinski definition) is 1. The van der Waals surface area contributed by atoms with Crippen molar-refractivity contribution in [3.05, 3.63) is 77.9 Å². The number of nitrogens with one attached hydrogen (secondary N) is 1. The number of methoxy groups -OCH3 is 2. The van der Waals surface area contributed by atoms with Gasteiger partial charge >= 0.3 is 6.18 Å². The lowest BCUT2D eigenvalue weighted by atomic mass is 9.82. The van der Waals surface area contributed by atoms with Crippen LogP contribution in [0.5, 0.6) is 11.5 Å². The summed E-state index contributed by atoms with van der Waals surface area (Å²) in [7, 11) is 3.16. The Morgan fingerprint density at radius 1 is 0.946 bits per heavy atom. The second-order valence-corrected chi connectivity index (χ2v) is 9.28. The first-order valence-corrected chi connectivity index (χ1v) is 12.1. The molecule has 194 valence electrons. The molecule has 0 spiro atoms. The monoisotopic (exact) mass is 511 g/mol. The molecular formula is C28H28F3N3O3. The zero-order valence-electron chi connectivity index (χ0n) is 20.6. The van der Waals surface area contributed by atoms with Gasteiger partial charge in [0.1, 0.15) is 11.5 Å². The fourth-order valence-electron chi connectivity index (χ4n) is 5.26. The van der Waals surface area contributed by atoms with E-state index in [0.29, 0.717) is 36.6 Å². The number of amides is 1. The predicted molar refractivity (Wildman–Crippen MR) is 137 cm³/mol. The highest BCUT2D eigenvalue weighted by molar-refractivity contribution is 5.94. The van der Waals surface area contributed by atoms with Gasteiger partial charge in [-0.2, -0.15) is 13.2 Å². The molecule has 2 aliphatic rings. The van der Waals surface area contributed by atoms with E-state index < -0.39 is 17.7 Å². The van der Waals surface area contributed by atoms with Crippen LogP contribution in [-0.2, 0) is 17.4 Å². The van der Waals surface area contributed by atoms with Crippen molar-refractivity contribution in [1.29, 1.82) is 0 Å². The summed E-state index contributed by atoms with van der Waals surface area (Å²) >= 11 is 0. The number of alkyl halides is 3. The minimum Gasteiger partial charge on any atom is -0.497 e. The van der Waals surface area contributed by atoms with Gasteiger partial charge in [0.2, 0.25) is 5.91 Å². The number of ether oxygens (including phenoxy) is 2. The molecule has 1 amide bonds. The van der Waals surface area contributed by atoms with Crippen LogP contribution in [0.15, 0.2) is 66.7 Å². The number of piperazine rings is 1. The average molecular weight is 512 g/mol. The Morgan fingerprint density at radius 2 is 1.70 bits per heavy atom. The Bertz CT molecular complexity index is 1280. The Morgan fingerprint density at radius 3 is 2.41 bits per heavy atom. The topological polar surface area (TPSA) is 54.0 Å². The van der Waals surface area contributed by atoms with Gasteiger partial charge in [-0.3, -0.25) is 4.79 Å². The van der Waals surface area contributed by atoms with Crippen LogP contribution < -0.4 is 24.6 Å². The second-order valence-electron chi connectivity index (χ2n) is 9.28. The van der Waals surface area contributed by atoms with Crippen LogP contribution in [0.3, 0.4) is 0 Å². The summed E-state index contributed by atoms with van der Waals surface area (Å²) in [6.45, 7) is 1.81. The molecule has 3 aromatic rings. The average Bonchev–Trinajstić information content (AvgIpc) is 2.91. The number of carbonyl (C=O) groups is 1. The van der Waals surface area contributed by atoms with Crippen LogP contribution in [-0.4, -0.2) is 45.8 Å². The minimum atomic E-state index is -4.45. The SMILES string of the molecule is COc1ccc(N2CCN3c4ccc(C(F)(F)F)cc4C[C@@H](C(=O)Nc4cccc(OC)c4)[C@@H]3C2)cc1. The molecule has 0 aromatic heterocycles. The molecule has 2 aliphatic heterocycles. The predicted octanol–water partition coefficient (Wildman–Crippen LogP) is 5.23. The molecule has 2 atom stereocenters. The van der Waals surface area contributed by atoms with Crippen molar-refractivity contribution in [2.24, 2.45) is 5.92 Å². The van der Waals surface area contributed by atoms with E-state index in [9.17, 15) is 18.0 Å². The van der Waals surface area contributed by atoms with Gasteiger partial charge in [-0.05, 0) is 66.6 Å². The lowest BCUT2D eigenvalue weighted by Gasteiger charge is -2.49. The fourth-order valence-corrected chi connectivity index (χ4v) is 5.26. The molecule has 1 N–H and O–H groups in total. The summed E-state index contributed by atoms with van der Waals surface area (Å²) in [5, 5.41) is 2.96. The molecule has 9 heteroatoms. The number of rotatable bonds is 5. The highest BCUT2D eigenvalue weighted by Crippen LogP contribution is 2.40. The van der Waals surface area contributed by atoms with Crippen molar-refractivity contribution >= 4 is 23.0 Å². The summed E-state index contributed by atoms with van der Waals surface area (Å²) in [5.74, 6) is 0.572. The third-order valence-electron chi connectivity index (χ3n) is 7.15. The largest absolute Gasteiger partial charge is 0.497 e. The molecule has 0 unspecified atom stereocenters. The summed E-state index contributed by atoms with van der Waals surface area (Å²) in [6.07, 6.45) is -4.23. The van der Waals surface area contributed by atoms with Gasteiger partial charge in [0, 0.05) is 42.8 Å². The fraction of sp³-hybridized carbons (Fsp3) is 0.321. The molecule has 5 rings (SSSR count). The van der Waals surface area contributed by atoms with E-state index in [1.54, 1.807) is 44.6 Å². The van der Waals surface area contributed by atoms with Crippen LogP contribution in [0.25, 0.3) is 0 Å². The van der Waals surface area contributed by atoms with Crippen LogP contribution in [0.2, 0.25) is 0 Å². The molecule has 0 aliphatic carbocycles. The zero-order chi connectivity index (χ0) is 26.2. The number of hydrogen-bond acceptors (Lipinski definition) is 5. The van der Waals surface area contributed by atoms with Gasteiger partial charge in [-0.1, -0.05) is 6.07 Å². The van der Waals surface area contributed by atoms with Gasteiger partial charge in [-0.15, -0.1) is 0 Å². The van der Waals surface area contributed by atoms with Crippen LogP contribution in [0.4, 0.5) is 30.2 Å². The van der Waals surface area contributed by atoms with Gasteiger partial charge < -0.3 is 24.6 Å². The molecule has 3 aromatic carbocycles. The van der Waals surface area contributed by atoms with E-state index in [4.69, 9.17) is 9.47 Å². The van der Waals surface area contributed by atoms with Gasteiger partial charge in [0.15, 0.2) is 0 Å². The maximum atomic E-state index is 13.6. The number of carbonyl (C=O) groups excluding carboxylic acids is 1. The lowest BCUT2D eigenvalue weighted by molar-refractivity contribution is -0.137. The van der Waals surface area contributed by atoms with Crippen molar-refractivity contribution < 1.29 is 27.4 Å². The maximum absolute atomic E-state index is 13.6. The zero-order valence-corrected chi connectivity index (χ0v) is 20.6. The molecule has 1 saturated heterocycles. The first kappa shape index (κ1) is 24.8. The Hall–Kier alpha value is -3.88. The molecule has 0 bridgehead atoms. The smallest absolute Gasteiger partial charge is 0.416 e. The van der Waals surface area contributed by atoms with E-state index in [2.05, 4.69) is 15.1 Å². The highest BCUT2D eigenvalue weighted by Gasteiger charge is 2.43.